The van der Waals surface area contributed by atoms with Crippen molar-refractivity contribution in [2.75, 3.05) is 18.4 Å². The number of benzene rings is 2. The Morgan fingerprint density at radius 2 is 1.93 bits per heavy atom. The summed E-state index contributed by atoms with van der Waals surface area (Å²) >= 11 is 0. The summed E-state index contributed by atoms with van der Waals surface area (Å²) in [5.41, 5.74) is 3.02. The average Bonchev–Trinajstić information content (AvgIpc) is 3.13. The number of hydrogen-bond acceptors (Lipinski definition) is 4. The molecule has 2 aromatic carbocycles. The molecule has 7 nitrogen and oxygen atoms in total. The van der Waals surface area contributed by atoms with E-state index in [2.05, 4.69) is 34.6 Å². The van der Waals surface area contributed by atoms with Gasteiger partial charge in [-0.25, -0.2) is 4.79 Å². The second kappa shape index (κ2) is 8.39. The van der Waals surface area contributed by atoms with Crippen LogP contribution in [-0.2, 0) is 0 Å². The Bertz CT molecular complexity index is 869. The predicted octanol–water partition coefficient (Wildman–Crippen LogP) is 4.17. The molecule has 0 aliphatic carbocycles. The first kappa shape index (κ1) is 19.8. The van der Waals surface area contributed by atoms with Crippen molar-refractivity contribution in [3.8, 4) is 0 Å². The Hall–Kier alpha value is -2.93. The minimum atomic E-state index is -0.433. The van der Waals surface area contributed by atoms with Crippen LogP contribution in [0.15, 0.2) is 42.5 Å². The Labute approximate surface area is 164 Å². The summed E-state index contributed by atoms with van der Waals surface area (Å²) in [5.74, 6) is 0. The summed E-state index contributed by atoms with van der Waals surface area (Å²) in [7, 11) is 0. The molecule has 1 heterocycles. The van der Waals surface area contributed by atoms with Crippen molar-refractivity contribution in [3.05, 3.63) is 69.3 Å². The van der Waals surface area contributed by atoms with Crippen molar-refractivity contribution in [3.63, 3.8) is 0 Å². The molecule has 1 saturated heterocycles. The third-order valence-corrected chi connectivity index (χ3v) is 5.46. The smallest absolute Gasteiger partial charge is 0.319 e. The highest BCUT2D eigenvalue weighted by Gasteiger charge is 2.28. The molecule has 7 heteroatoms. The van der Waals surface area contributed by atoms with E-state index in [-0.39, 0.29) is 23.8 Å². The maximum Gasteiger partial charge on any atom is 0.319 e. The second-order valence-corrected chi connectivity index (χ2v) is 7.32. The van der Waals surface area contributed by atoms with Gasteiger partial charge in [0.25, 0.3) is 5.69 Å². The molecule has 1 fully saturated rings. The summed E-state index contributed by atoms with van der Waals surface area (Å²) in [6, 6.07) is 13.4. The van der Waals surface area contributed by atoms with Gasteiger partial charge < -0.3 is 10.6 Å². The van der Waals surface area contributed by atoms with Gasteiger partial charge in [-0.15, -0.1) is 0 Å². The van der Waals surface area contributed by atoms with E-state index in [1.54, 1.807) is 13.0 Å². The quantitative estimate of drug-likeness (QED) is 0.600. The zero-order chi connectivity index (χ0) is 20.3. The third-order valence-electron chi connectivity index (χ3n) is 5.46. The summed E-state index contributed by atoms with van der Waals surface area (Å²) in [6.07, 6.45) is 0.873. The fourth-order valence-corrected chi connectivity index (χ4v) is 3.76. The summed E-state index contributed by atoms with van der Waals surface area (Å²) in [4.78, 5) is 25.5. The van der Waals surface area contributed by atoms with E-state index in [0.717, 1.165) is 25.1 Å². The molecule has 0 bridgehead atoms. The Morgan fingerprint density at radius 3 is 2.61 bits per heavy atom. The highest BCUT2D eigenvalue weighted by Crippen LogP contribution is 2.29. The number of aryl methyl sites for hydroxylation is 1. The minimum absolute atomic E-state index is 0.00428. The maximum atomic E-state index is 12.5. The molecular weight excluding hydrogens is 356 g/mol. The Balaban J connectivity index is 1.61. The normalized spacial score (nSPS) is 17.9. The number of nitrogens with zero attached hydrogens (tertiary/aromatic N) is 2. The van der Waals surface area contributed by atoms with Crippen LogP contribution in [0.2, 0.25) is 0 Å². The van der Waals surface area contributed by atoms with Gasteiger partial charge in [-0.05, 0) is 38.3 Å². The molecule has 1 aliphatic heterocycles. The molecule has 148 valence electrons. The number of carbonyl (C=O) groups is 1. The van der Waals surface area contributed by atoms with Crippen molar-refractivity contribution in [2.45, 2.75) is 39.3 Å². The summed E-state index contributed by atoms with van der Waals surface area (Å²) in [5, 5.41) is 16.9. The SMILES string of the molecule is Cc1ccc([N+](=O)[O-])c(C)c1NC(=O)NC1CCN(C(C)c2ccccc2)C1. The number of rotatable bonds is 5. The molecule has 2 aromatic rings. The fourth-order valence-electron chi connectivity index (χ4n) is 3.76. The van der Waals surface area contributed by atoms with Crippen LogP contribution in [0.5, 0.6) is 0 Å². The monoisotopic (exact) mass is 382 g/mol. The maximum absolute atomic E-state index is 12.5. The first-order valence-electron chi connectivity index (χ1n) is 9.48. The van der Waals surface area contributed by atoms with Crippen LogP contribution in [0.3, 0.4) is 0 Å². The van der Waals surface area contributed by atoms with E-state index < -0.39 is 4.92 Å². The van der Waals surface area contributed by atoms with Gasteiger partial charge in [0.2, 0.25) is 0 Å². The number of likely N-dealkylation sites (tertiary alicyclic amines) is 1. The zero-order valence-electron chi connectivity index (χ0n) is 16.4. The Kier molecular flexibility index (Phi) is 5.94. The summed E-state index contributed by atoms with van der Waals surface area (Å²) < 4.78 is 0. The topological polar surface area (TPSA) is 87.5 Å². The van der Waals surface area contributed by atoms with Crippen LogP contribution in [-0.4, -0.2) is 35.0 Å². The minimum Gasteiger partial charge on any atom is -0.334 e. The first-order chi connectivity index (χ1) is 13.4. The molecule has 0 radical (unpaired) electrons. The molecule has 1 aliphatic rings. The van der Waals surface area contributed by atoms with Crippen LogP contribution >= 0.6 is 0 Å². The van der Waals surface area contributed by atoms with Gasteiger partial charge in [0.15, 0.2) is 0 Å². The molecule has 2 N–H and O–H groups in total. The van der Waals surface area contributed by atoms with Crippen LogP contribution in [0.25, 0.3) is 0 Å². The van der Waals surface area contributed by atoms with Gasteiger partial charge in [0.05, 0.1) is 16.2 Å². The van der Waals surface area contributed by atoms with Crippen molar-refractivity contribution < 1.29 is 9.72 Å². The van der Waals surface area contributed by atoms with Crippen molar-refractivity contribution in [2.24, 2.45) is 0 Å². The number of hydrogen-bond donors (Lipinski definition) is 2. The zero-order valence-corrected chi connectivity index (χ0v) is 16.4. The van der Waals surface area contributed by atoms with Gasteiger partial charge in [0, 0.05) is 31.2 Å². The number of carbonyl (C=O) groups excluding carboxylic acids is 1. The molecule has 2 atom stereocenters. The molecule has 2 unspecified atom stereocenters. The van der Waals surface area contributed by atoms with Gasteiger partial charge >= 0.3 is 6.03 Å². The van der Waals surface area contributed by atoms with E-state index in [1.165, 1.54) is 11.6 Å². The molecule has 0 aromatic heterocycles. The number of amides is 2. The number of nitro groups is 1. The van der Waals surface area contributed by atoms with Crippen LogP contribution in [0.1, 0.15) is 36.1 Å². The van der Waals surface area contributed by atoms with Crippen molar-refractivity contribution >= 4 is 17.4 Å². The largest absolute Gasteiger partial charge is 0.334 e. The van der Waals surface area contributed by atoms with Crippen molar-refractivity contribution in [1.82, 2.24) is 10.2 Å². The first-order valence-corrected chi connectivity index (χ1v) is 9.48. The lowest BCUT2D eigenvalue weighted by Crippen LogP contribution is -2.40. The van der Waals surface area contributed by atoms with Gasteiger partial charge in [0.1, 0.15) is 0 Å². The van der Waals surface area contributed by atoms with Gasteiger partial charge in [-0.1, -0.05) is 36.4 Å². The van der Waals surface area contributed by atoms with Gasteiger partial charge in [-0.3, -0.25) is 15.0 Å². The van der Waals surface area contributed by atoms with Crippen molar-refractivity contribution in [1.29, 1.82) is 0 Å². The number of urea groups is 1. The number of nitrogens with one attached hydrogen (secondary N) is 2. The highest BCUT2D eigenvalue weighted by atomic mass is 16.6. The lowest BCUT2D eigenvalue weighted by atomic mass is 10.1. The molecule has 2 amide bonds. The highest BCUT2D eigenvalue weighted by molar-refractivity contribution is 5.92. The molecule has 0 saturated carbocycles. The van der Waals surface area contributed by atoms with E-state index in [1.807, 2.05) is 25.1 Å². The van der Waals surface area contributed by atoms with Gasteiger partial charge in [-0.2, -0.15) is 0 Å². The third kappa shape index (κ3) is 4.31. The number of nitro benzene ring substituents is 1. The van der Waals surface area contributed by atoms with E-state index >= 15 is 0 Å². The average molecular weight is 382 g/mol. The van der Waals surface area contributed by atoms with E-state index in [0.29, 0.717) is 11.3 Å². The number of anilines is 1. The van der Waals surface area contributed by atoms with Crippen LogP contribution in [0, 0.1) is 24.0 Å². The standard InChI is InChI=1S/C21H26N4O3/c1-14-9-10-19(25(27)28)15(2)20(14)23-21(26)22-18-11-12-24(13-18)16(3)17-7-5-4-6-8-17/h4-10,16,18H,11-13H2,1-3H3,(H2,22,23,26). The molecule has 0 spiro atoms. The van der Waals surface area contributed by atoms with E-state index in [9.17, 15) is 14.9 Å². The molecule has 3 rings (SSSR count). The summed E-state index contributed by atoms with van der Waals surface area (Å²) in [6.45, 7) is 7.34. The fraction of sp³-hybridized carbons (Fsp3) is 0.381. The van der Waals surface area contributed by atoms with Crippen LogP contribution < -0.4 is 10.6 Å². The molecular formula is C21H26N4O3. The Morgan fingerprint density at radius 1 is 1.21 bits per heavy atom. The van der Waals surface area contributed by atoms with Crippen LogP contribution in [0.4, 0.5) is 16.2 Å². The van der Waals surface area contributed by atoms with E-state index in [4.69, 9.17) is 0 Å². The second-order valence-electron chi connectivity index (χ2n) is 7.32. The predicted molar refractivity (Wildman–Crippen MR) is 110 cm³/mol. The lowest BCUT2D eigenvalue weighted by Gasteiger charge is -2.25. The molecule has 28 heavy (non-hydrogen) atoms. The lowest BCUT2D eigenvalue weighted by molar-refractivity contribution is -0.385.